The Bertz CT molecular complexity index is 808. The highest BCUT2D eigenvalue weighted by Crippen LogP contribution is 2.22. The topological polar surface area (TPSA) is 99.6 Å². The molecule has 0 bridgehead atoms. The first-order valence-corrected chi connectivity index (χ1v) is 8.36. The van der Waals surface area contributed by atoms with Crippen molar-refractivity contribution in [2.24, 2.45) is 0 Å². The van der Waals surface area contributed by atoms with Crippen LogP contribution in [0.1, 0.15) is 44.8 Å². The fourth-order valence-electron chi connectivity index (χ4n) is 2.87. The maximum atomic E-state index is 12.3. The third-order valence-electron chi connectivity index (χ3n) is 4.29. The summed E-state index contributed by atoms with van der Waals surface area (Å²) in [6, 6.07) is 10.7. The Balaban J connectivity index is 1.41. The molecule has 0 saturated carbocycles. The first-order valence-electron chi connectivity index (χ1n) is 8.36. The van der Waals surface area contributed by atoms with Gasteiger partial charge in [-0.1, -0.05) is 24.3 Å². The SMILES string of the molecule is O=C(NCCCC(=O)N1Cc2ccccc2C1)c1ccc(C(=O)O)nc1. The van der Waals surface area contributed by atoms with E-state index in [0.717, 1.165) is 0 Å². The molecule has 1 aliphatic heterocycles. The molecule has 2 amide bonds. The van der Waals surface area contributed by atoms with Gasteiger partial charge in [-0.3, -0.25) is 9.59 Å². The third kappa shape index (κ3) is 4.05. The Hall–Kier alpha value is -3.22. The van der Waals surface area contributed by atoms with Crippen LogP contribution in [0.15, 0.2) is 42.6 Å². The molecule has 1 aromatic carbocycles. The Morgan fingerprint density at radius 1 is 1.08 bits per heavy atom. The highest BCUT2D eigenvalue weighted by Gasteiger charge is 2.22. The molecule has 26 heavy (non-hydrogen) atoms. The number of pyridine rings is 1. The second-order valence-corrected chi connectivity index (χ2v) is 6.12. The number of nitrogens with one attached hydrogen (secondary N) is 1. The van der Waals surface area contributed by atoms with Gasteiger partial charge in [0.05, 0.1) is 5.56 Å². The number of carboxylic acids is 1. The molecule has 134 valence electrons. The average molecular weight is 353 g/mol. The average Bonchev–Trinajstić information content (AvgIpc) is 3.09. The normalized spacial score (nSPS) is 12.5. The molecule has 2 N–H and O–H groups in total. The first-order chi connectivity index (χ1) is 12.5. The van der Waals surface area contributed by atoms with Gasteiger partial charge in [0.15, 0.2) is 0 Å². The molecule has 3 rings (SSSR count). The van der Waals surface area contributed by atoms with Crippen LogP contribution in [0, 0.1) is 0 Å². The van der Waals surface area contributed by atoms with Crippen LogP contribution in [-0.2, 0) is 17.9 Å². The van der Waals surface area contributed by atoms with Crippen molar-refractivity contribution in [1.82, 2.24) is 15.2 Å². The number of hydrogen-bond donors (Lipinski definition) is 2. The van der Waals surface area contributed by atoms with Gasteiger partial charge in [-0.25, -0.2) is 9.78 Å². The van der Waals surface area contributed by atoms with Crippen LogP contribution in [0.5, 0.6) is 0 Å². The fraction of sp³-hybridized carbons (Fsp3) is 0.263. The van der Waals surface area contributed by atoms with E-state index in [2.05, 4.69) is 10.3 Å². The van der Waals surface area contributed by atoms with Crippen LogP contribution in [0.3, 0.4) is 0 Å². The second kappa shape index (κ2) is 7.77. The smallest absolute Gasteiger partial charge is 0.354 e. The number of fused-ring (bicyclic) bond motifs is 1. The van der Waals surface area contributed by atoms with Crippen LogP contribution < -0.4 is 5.32 Å². The largest absolute Gasteiger partial charge is 0.477 e. The van der Waals surface area contributed by atoms with E-state index in [-0.39, 0.29) is 23.1 Å². The maximum absolute atomic E-state index is 12.3. The van der Waals surface area contributed by atoms with E-state index < -0.39 is 5.97 Å². The predicted molar refractivity (Wildman–Crippen MR) is 93.5 cm³/mol. The summed E-state index contributed by atoms with van der Waals surface area (Å²) in [6.45, 7) is 1.65. The molecule has 0 saturated heterocycles. The molecule has 0 unspecified atom stereocenters. The van der Waals surface area contributed by atoms with E-state index in [1.807, 2.05) is 29.2 Å². The van der Waals surface area contributed by atoms with Gasteiger partial charge in [0, 0.05) is 32.3 Å². The number of carbonyl (C=O) groups excluding carboxylic acids is 2. The van der Waals surface area contributed by atoms with Crippen molar-refractivity contribution in [3.05, 3.63) is 65.0 Å². The standard InChI is InChI=1S/C19H19N3O4/c23-17(22-11-14-4-1-2-5-15(14)12-22)6-3-9-20-18(24)13-7-8-16(19(25)26)21-10-13/h1-2,4-5,7-8,10H,3,6,9,11-12H2,(H,20,24)(H,25,26). The molecule has 0 aliphatic carbocycles. The molecular formula is C19H19N3O4. The molecule has 1 aromatic heterocycles. The molecule has 0 radical (unpaired) electrons. The number of aromatic nitrogens is 1. The van der Waals surface area contributed by atoms with Crippen LogP contribution in [-0.4, -0.2) is 39.3 Å². The van der Waals surface area contributed by atoms with Crippen molar-refractivity contribution in [2.75, 3.05) is 6.54 Å². The lowest BCUT2D eigenvalue weighted by atomic mass is 10.1. The minimum atomic E-state index is -1.14. The van der Waals surface area contributed by atoms with Gasteiger partial charge in [-0.05, 0) is 29.7 Å². The Labute approximate surface area is 150 Å². The molecular weight excluding hydrogens is 334 g/mol. The minimum absolute atomic E-state index is 0.0722. The zero-order valence-corrected chi connectivity index (χ0v) is 14.1. The monoisotopic (exact) mass is 353 g/mol. The van der Waals surface area contributed by atoms with E-state index >= 15 is 0 Å². The van der Waals surface area contributed by atoms with E-state index in [4.69, 9.17) is 5.11 Å². The number of carbonyl (C=O) groups is 3. The fourth-order valence-corrected chi connectivity index (χ4v) is 2.87. The zero-order valence-electron chi connectivity index (χ0n) is 14.1. The highest BCUT2D eigenvalue weighted by atomic mass is 16.4. The van der Waals surface area contributed by atoms with Crippen LogP contribution in [0.2, 0.25) is 0 Å². The van der Waals surface area contributed by atoms with E-state index in [1.54, 1.807) is 0 Å². The Morgan fingerprint density at radius 3 is 2.35 bits per heavy atom. The molecule has 7 heteroatoms. The van der Waals surface area contributed by atoms with E-state index in [0.29, 0.717) is 32.5 Å². The number of benzene rings is 1. The lowest BCUT2D eigenvalue weighted by Crippen LogP contribution is -2.28. The van der Waals surface area contributed by atoms with Crippen LogP contribution >= 0.6 is 0 Å². The predicted octanol–water partition coefficient (Wildman–Crippen LogP) is 1.83. The molecule has 0 atom stereocenters. The molecule has 7 nitrogen and oxygen atoms in total. The van der Waals surface area contributed by atoms with Gasteiger partial charge in [0.2, 0.25) is 5.91 Å². The number of nitrogens with zero attached hydrogens (tertiary/aromatic N) is 2. The number of hydrogen-bond acceptors (Lipinski definition) is 4. The van der Waals surface area contributed by atoms with Crippen molar-refractivity contribution in [2.45, 2.75) is 25.9 Å². The summed E-state index contributed by atoms with van der Waals surface area (Å²) in [4.78, 5) is 40.5. The van der Waals surface area contributed by atoms with Crippen molar-refractivity contribution in [3.8, 4) is 0 Å². The lowest BCUT2D eigenvalue weighted by molar-refractivity contribution is -0.131. The summed E-state index contributed by atoms with van der Waals surface area (Å²) in [7, 11) is 0. The third-order valence-corrected chi connectivity index (χ3v) is 4.29. The van der Waals surface area contributed by atoms with Gasteiger partial charge < -0.3 is 15.3 Å². The van der Waals surface area contributed by atoms with Crippen LogP contribution in [0.4, 0.5) is 0 Å². The van der Waals surface area contributed by atoms with Crippen molar-refractivity contribution in [3.63, 3.8) is 0 Å². The van der Waals surface area contributed by atoms with Crippen LogP contribution in [0.25, 0.3) is 0 Å². The molecule has 0 spiro atoms. The van der Waals surface area contributed by atoms with Gasteiger partial charge in [-0.15, -0.1) is 0 Å². The van der Waals surface area contributed by atoms with Crippen molar-refractivity contribution < 1.29 is 19.5 Å². The summed E-state index contributed by atoms with van der Waals surface area (Å²) in [5.74, 6) is -1.40. The summed E-state index contributed by atoms with van der Waals surface area (Å²) in [5.41, 5.74) is 2.55. The van der Waals surface area contributed by atoms with Gasteiger partial charge in [0.25, 0.3) is 5.91 Å². The number of aromatic carboxylic acids is 1. The minimum Gasteiger partial charge on any atom is -0.477 e. The maximum Gasteiger partial charge on any atom is 0.354 e. The number of amides is 2. The Morgan fingerprint density at radius 2 is 1.77 bits per heavy atom. The second-order valence-electron chi connectivity index (χ2n) is 6.12. The summed E-state index contributed by atoms with van der Waals surface area (Å²) >= 11 is 0. The summed E-state index contributed by atoms with van der Waals surface area (Å²) < 4.78 is 0. The van der Waals surface area contributed by atoms with E-state index in [1.165, 1.54) is 29.5 Å². The van der Waals surface area contributed by atoms with Gasteiger partial charge in [-0.2, -0.15) is 0 Å². The molecule has 2 heterocycles. The van der Waals surface area contributed by atoms with E-state index in [9.17, 15) is 14.4 Å². The first kappa shape index (κ1) is 17.6. The van der Waals surface area contributed by atoms with Crippen molar-refractivity contribution in [1.29, 1.82) is 0 Å². The van der Waals surface area contributed by atoms with Gasteiger partial charge in [0.1, 0.15) is 5.69 Å². The zero-order chi connectivity index (χ0) is 18.5. The summed E-state index contributed by atoms with van der Waals surface area (Å²) in [6.07, 6.45) is 2.13. The molecule has 2 aromatic rings. The van der Waals surface area contributed by atoms with Gasteiger partial charge >= 0.3 is 5.97 Å². The highest BCUT2D eigenvalue weighted by molar-refractivity contribution is 5.94. The lowest BCUT2D eigenvalue weighted by Gasteiger charge is -2.15. The Kier molecular flexibility index (Phi) is 5.26. The quantitative estimate of drug-likeness (QED) is 0.772. The molecule has 0 fully saturated rings. The molecule has 1 aliphatic rings. The summed E-state index contributed by atoms with van der Waals surface area (Å²) in [5, 5.41) is 11.5. The van der Waals surface area contributed by atoms with Crippen molar-refractivity contribution >= 4 is 17.8 Å². The number of carboxylic acid groups (broad SMARTS) is 1. The number of rotatable bonds is 6.